The lowest BCUT2D eigenvalue weighted by molar-refractivity contribution is 0.112. The molecule has 1 aromatic carbocycles. The molecule has 0 aliphatic carbocycles. The second kappa shape index (κ2) is 5.21. The molecular weight excluding hydrogens is 164 g/mol. The van der Waals surface area contributed by atoms with Crippen molar-refractivity contribution in [2.75, 3.05) is 6.61 Å². The minimum atomic E-state index is 0.503. The van der Waals surface area contributed by atoms with Crippen molar-refractivity contribution in [3.8, 4) is 5.75 Å². The molecule has 0 aliphatic rings. The molecule has 1 aromatic rings. The van der Waals surface area contributed by atoms with E-state index in [9.17, 15) is 4.79 Å². The predicted octanol–water partition coefficient (Wildman–Crippen LogP) is 2.28. The Balaban J connectivity index is 2.44. The Hall–Kier alpha value is -1.49. The van der Waals surface area contributed by atoms with Crippen LogP contribution in [0.5, 0.6) is 5.75 Å². The molecule has 0 saturated carbocycles. The van der Waals surface area contributed by atoms with Gasteiger partial charge in [0.2, 0.25) is 0 Å². The molecule has 2 nitrogen and oxygen atoms in total. The predicted molar refractivity (Wildman–Crippen MR) is 49.9 cm³/mol. The Morgan fingerprint density at radius 3 is 2.85 bits per heavy atom. The van der Waals surface area contributed by atoms with Crippen LogP contribution in [0.3, 0.4) is 0 Å². The number of rotatable bonds is 5. The Bertz CT molecular complexity index is 251. The Kier molecular flexibility index (Phi) is 3.84. The van der Waals surface area contributed by atoms with E-state index in [2.05, 4.69) is 19.1 Å². The summed E-state index contributed by atoms with van der Waals surface area (Å²) >= 11 is 0. The molecule has 0 N–H and O–H groups in total. The van der Waals surface area contributed by atoms with Gasteiger partial charge in [0.05, 0.1) is 12.2 Å². The molecule has 0 fully saturated rings. The molecule has 2 heteroatoms. The fraction of sp³-hybridized carbons (Fsp3) is 0.364. The number of aldehydes is 1. The summed E-state index contributed by atoms with van der Waals surface area (Å²) in [4.78, 5) is 10.3. The van der Waals surface area contributed by atoms with Gasteiger partial charge in [-0.25, -0.2) is 0 Å². The topological polar surface area (TPSA) is 26.3 Å². The number of carbonyl (C=O) groups is 1. The highest BCUT2D eigenvalue weighted by molar-refractivity contribution is 5.73. The molecule has 68 valence electrons. The third-order valence-electron chi connectivity index (χ3n) is 1.63. The normalized spacial score (nSPS) is 9.00. The summed E-state index contributed by atoms with van der Waals surface area (Å²) in [5, 5.41) is 0. The minimum absolute atomic E-state index is 0.503. The maximum atomic E-state index is 10.3. The van der Waals surface area contributed by atoms with E-state index in [0.717, 1.165) is 19.1 Å². The number of ether oxygens (including phenoxy) is 1. The summed E-state index contributed by atoms with van der Waals surface area (Å²) in [7, 11) is 0. The number of unbranched alkanes of at least 4 members (excludes halogenated alkanes) is 1. The molecule has 0 heterocycles. The average molecular weight is 176 g/mol. The molecular formula is C11H12O2. The van der Waals surface area contributed by atoms with Crippen molar-refractivity contribution in [2.45, 2.75) is 19.8 Å². The molecule has 0 atom stereocenters. The van der Waals surface area contributed by atoms with Gasteiger partial charge in [-0.1, -0.05) is 19.4 Å². The summed E-state index contributed by atoms with van der Waals surface area (Å²) in [5.74, 6) is 0.652. The minimum Gasteiger partial charge on any atom is -0.485 e. The van der Waals surface area contributed by atoms with E-state index < -0.39 is 0 Å². The summed E-state index contributed by atoms with van der Waals surface area (Å²) in [6.45, 7) is 2.80. The fourth-order valence-electron chi connectivity index (χ4n) is 0.862. The maximum Gasteiger partial charge on any atom is 0.170 e. The third-order valence-corrected chi connectivity index (χ3v) is 1.63. The highest BCUT2D eigenvalue weighted by Gasteiger charge is 1.91. The molecule has 13 heavy (non-hydrogen) atoms. The first-order valence-corrected chi connectivity index (χ1v) is 4.38. The average Bonchev–Trinajstić information content (AvgIpc) is 2.19. The highest BCUT2D eigenvalue weighted by atomic mass is 16.5. The smallest absolute Gasteiger partial charge is 0.170 e. The van der Waals surface area contributed by atoms with Gasteiger partial charge < -0.3 is 4.74 Å². The standard InChI is InChI=1S/C11H12O2/c1-2-3-8-13-11-6-4-10(9-12)5-7-11/h4,6,9H,2-3,8H2,1H3. The van der Waals surface area contributed by atoms with Crippen LogP contribution in [-0.2, 0) is 0 Å². The van der Waals surface area contributed by atoms with Gasteiger partial charge in [0, 0.05) is 0 Å². The molecule has 1 rings (SSSR count). The lowest BCUT2D eigenvalue weighted by Gasteiger charge is -2.01. The van der Waals surface area contributed by atoms with Crippen molar-refractivity contribution in [1.29, 1.82) is 0 Å². The van der Waals surface area contributed by atoms with E-state index in [4.69, 9.17) is 4.74 Å². The van der Waals surface area contributed by atoms with Crippen LogP contribution in [0.15, 0.2) is 12.1 Å². The molecule has 0 unspecified atom stereocenters. The van der Waals surface area contributed by atoms with Crippen LogP contribution in [0.2, 0.25) is 0 Å². The number of carbonyl (C=O) groups excluding carboxylic acids is 1. The van der Waals surface area contributed by atoms with Crippen LogP contribution >= 0.6 is 0 Å². The van der Waals surface area contributed by atoms with Crippen LogP contribution in [0.25, 0.3) is 0 Å². The lowest BCUT2D eigenvalue weighted by atomic mass is 10.3. The van der Waals surface area contributed by atoms with E-state index in [0.29, 0.717) is 17.9 Å². The van der Waals surface area contributed by atoms with Gasteiger partial charge in [-0.15, -0.1) is 0 Å². The van der Waals surface area contributed by atoms with Crippen molar-refractivity contribution in [3.05, 3.63) is 29.8 Å². The van der Waals surface area contributed by atoms with Crippen molar-refractivity contribution in [1.82, 2.24) is 0 Å². The first kappa shape index (κ1) is 9.60. The van der Waals surface area contributed by atoms with Gasteiger partial charge in [-0.3, -0.25) is 4.79 Å². The van der Waals surface area contributed by atoms with Gasteiger partial charge in [0.25, 0.3) is 0 Å². The van der Waals surface area contributed by atoms with Crippen LogP contribution in [0.4, 0.5) is 0 Å². The van der Waals surface area contributed by atoms with Crippen LogP contribution in [0.1, 0.15) is 30.1 Å². The lowest BCUT2D eigenvalue weighted by Crippen LogP contribution is -1.95. The zero-order chi connectivity index (χ0) is 9.52. The van der Waals surface area contributed by atoms with Crippen LogP contribution < -0.4 is 4.74 Å². The second-order valence-corrected chi connectivity index (χ2v) is 2.72. The van der Waals surface area contributed by atoms with Gasteiger partial charge in [0.15, 0.2) is 12.0 Å². The van der Waals surface area contributed by atoms with E-state index in [1.54, 1.807) is 12.1 Å². The molecule has 0 saturated heterocycles. The molecule has 0 amide bonds. The van der Waals surface area contributed by atoms with Crippen LogP contribution in [0, 0.1) is 12.1 Å². The molecule has 0 aromatic heterocycles. The van der Waals surface area contributed by atoms with Crippen molar-refractivity contribution in [2.24, 2.45) is 0 Å². The molecule has 0 spiro atoms. The van der Waals surface area contributed by atoms with E-state index >= 15 is 0 Å². The Morgan fingerprint density at radius 1 is 1.46 bits per heavy atom. The Morgan fingerprint density at radius 2 is 2.31 bits per heavy atom. The molecule has 0 radical (unpaired) electrons. The maximum absolute atomic E-state index is 10.3. The van der Waals surface area contributed by atoms with Crippen molar-refractivity contribution >= 4 is 6.29 Å². The molecule has 0 bridgehead atoms. The highest BCUT2D eigenvalue weighted by Crippen LogP contribution is 2.06. The largest absolute Gasteiger partial charge is 0.485 e. The third kappa shape index (κ3) is 3.16. The molecule has 0 aliphatic heterocycles. The van der Waals surface area contributed by atoms with Crippen molar-refractivity contribution < 1.29 is 9.53 Å². The van der Waals surface area contributed by atoms with Gasteiger partial charge >= 0.3 is 0 Å². The first-order valence-electron chi connectivity index (χ1n) is 4.38. The van der Waals surface area contributed by atoms with Gasteiger partial charge in [-0.2, -0.15) is 0 Å². The number of hydrogen-bond donors (Lipinski definition) is 0. The van der Waals surface area contributed by atoms with Crippen LogP contribution in [-0.4, -0.2) is 12.9 Å². The summed E-state index contributed by atoms with van der Waals surface area (Å²) in [5.41, 5.74) is 0.503. The summed E-state index contributed by atoms with van der Waals surface area (Å²) < 4.78 is 5.34. The zero-order valence-corrected chi connectivity index (χ0v) is 7.67. The monoisotopic (exact) mass is 176 g/mol. The summed E-state index contributed by atoms with van der Waals surface area (Å²) in [6.07, 6.45) is 2.88. The van der Waals surface area contributed by atoms with E-state index in [1.807, 2.05) is 0 Å². The van der Waals surface area contributed by atoms with E-state index in [1.165, 1.54) is 0 Å². The zero-order valence-electron chi connectivity index (χ0n) is 7.67. The second-order valence-electron chi connectivity index (χ2n) is 2.72. The fourth-order valence-corrected chi connectivity index (χ4v) is 0.862. The Labute approximate surface area is 78.5 Å². The summed E-state index contributed by atoms with van der Waals surface area (Å²) in [6, 6.07) is 8.87. The van der Waals surface area contributed by atoms with Gasteiger partial charge in [0.1, 0.15) is 0 Å². The van der Waals surface area contributed by atoms with Crippen molar-refractivity contribution in [3.63, 3.8) is 0 Å². The number of hydrogen-bond acceptors (Lipinski definition) is 2. The van der Waals surface area contributed by atoms with E-state index in [-0.39, 0.29) is 0 Å². The quantitative estimate of drug-likeness (QED) is 0.508. The first-order chi connectivity index (χ1) is 6.36. The van der Waals surface area contributed by atoms with Gasteiger partial charge in [-0.05, 0) is 24.6 Å². The SMILES string of the molecule is CCCCOc1c#cc(C=O)cc1.